The standard InChI is InChI=1S/C10H12N2OS2/c1-13-5-9-12-7(6-15-9)10(11)8-3-2-4-14-8/h2-4,6,10H,5,11H2,1H3. The Bertz CT molecular complexity index is 411. The van der Waals surface area contributed by atoms with E-state index in [9.17, 15) is 0 Å². The van der Waals surface area contributed by atoms with Crippen LogP contribution in [0.4, 0.5) is 0 Å². The fourth-order valence-electron chi connectivity index (χ4n) is 1.27. The van der Waals surface area contributed by atoms with Gasteiger partial charge in [-0.15, -0.1) is 22.7 Å². The first-order chi connectivity index (χ1) is 7.31. The molecule has 0 amide bonds. The average molecular weight is 240 g/mol. The molecule has 2 N–H and O–H groups in total. The number of aromatic nitrogens is 1. The number of nitrogens with zero attached hydrogens (tertiary/aromatic N) is 1. The number of hydrogen-bond donors (Lipinski definition) is 1. The topological polar surface area (TPSA) is 48.1 Å². The monoisotopic (exact) mass is 240 g/mol. The van der Waals surface area contributed by atoms with Crippen LogP contribution in [-0.4, -0.2) is 12.1 Å². The lowest BCUT2D eigenvalue weighted by atomic mass is 10.2. The molecule has 1 unspecified atom stereocenters. The van der Waals surface area contributed by atoms with E-state index in [0.717, 1.165) is 15.6 Å². The summed E-state index contributed by atoms with van der Waals surface area (Å²) < 4.78 is 5.02. The van der Waals surface area contributed by atoms with Crippen molar-refractivity contribution >= 4 is 22.7 Å². The Kier molecular flexibility index (Phi) is 3.48. The summed E-state index contributed by atoms with van der Waals surface area (Å²) in [6.07, 6.45) is 0. The van der Waals surface area contributed by atoms with Crippen molar-refractivity contribution in [2.75, 3.05) is 7.11 Å². The molecule has 15 heavy (non-hydrogen) atoms. The van der Waals surface area contributed by atoms with E-state index >= 15 is 0 Å². The summed E-state index contributed by atoms with van der Waals surface area (Å²) in [5.41, 5.74) is 7.01. The summed E-state index contributed by atoms with van der Waals surface area (Å²) in [4.78, 5) is 5.57. The minimum atomic E-state index is -0.105. The molecule has 2 aromatic heterocycles. The van der Waals surface area contributed by atoms with Crippen LogP contribution in [0.25, 0.3) is 0 Å². The minimum Gasteiger partial charge on any atom is -0.378 e. The quantitative estimate of drug-likeness (QED) is 0.892. The van der Waals surface area contributed by atoms with Gasteiger partial charge in [0, 0.05) is 17.4 Å². The van der Waals surface area contributed by atoms with Gasteiger partial charge in [0.05, 0.1) is 18.3 Å². The molecule has 2 heterocycles. The number of thiazole rings is 1. The highest BCUT2D eigenvalue weighted by Gasteiger charge is 2.13. The molecule has 0 bridgehead atoms. The Morgan fingerprint density at radius 2 is 2.40 bits per heavy atom. The van der Waals surface area contributed by atoms with Crippen LogP contribution in [-0.2, 0) is 11.3 Å². The highest BCUT2D eigenvalue weighted by Crippen LogP contribution is 2.24. The van der Waals surface area contributed by atoms with Crippen molar-refractivity contribution in [3.05, 3.63) is 38.5 Å². The van der Waals surface area contributed by atoms with Crippen LogP contribution in [0, 0.1) is 0 Å². The predicted molar refractivity (Wildman–Crippen MR) is 63.2 cm³/mol. The molecule has 0 aliphatic carbocycles. The van der Waals surface area contributed by atoms with Crippen LogP contribution in [0.15, 0.2) is 22.9 Å². The first-order valence-electron chi connectivity index (χ1n) is 4.53. The number of methoxy groups -OCH3 is 1. The van der Waals surface area contributed by atoms with Crippen molar-refractivity contribution in [3.63, 3.8) is 0 Å². The summed E-state index contributed by atoms with van der Waals surface area (Å²) in [7, 11) is 1.67. The molecule has 2 aromatic rings. The van der Waals surface area contributed by atoms with Crippen molar-refractivity contribution in [1.82, 2.24) is 4.98 Å². The van der Waals surface area contributed by atoms with Gasteiger partial charge in [-0.3, -0.25) is 0 Å². The fourth-order valence-corrected chi connectivity index (χ4v) is 2.81. The maximum atomic E-state index is 6.08. The molecule has 0 spiro atoms. The van der Waals surface area contributed by atoms with Crippen LogP contribution in [0.2, 0.25) is 0 Å². The van der Waals surface area contributed by atoms with Crippen molar-refractivity contribution in [2.24, 2.45) is 5.73 Å². The zero-order valence-corrected chi connectivity index (χ0v) is 9.98. The van der Waals surface area contributed by atoms with Crippen LogP contribution >= 0.6 is 22.7 Å². The minimum absolute atomic E-state index is 0.105. The molecule has 3 nitrogen and oxygen atoms in total. The van der Waals surface area contributed by atoms with Gasteiger partial charge < -0.3 is 10.5 Å². The van der Waals surface area contributed by atoms with Gasteiger partial charge in [0.15, 0.2) is 0 Å². The molecule has 2 rings (SSSR count). The number of nitrogens with two attached hydrogens (primary N) is 1. The summed E-state index contributed by atoms with van der Waals surface area (Å²) in [6.45, 7) is 0.557. The summed E-state index contributed by atoms with van der Waals surface area (Å²) in [6, 6.07) is 3.93. The van der Waals surface area contributed by atoms with Gasteiger partial charge in [-0.25, -0.2) is 4.98 Å². The van der Waals surface area contributed by atoms with E-state index < -0.39 is 0 Å². The van der Waals surface area contributed by atoms with Gasteiger partial charge in [-0.2, -0.15) is 0 Å². The van der Waals surface area contributed by atoms with E-state index in [-0.39, 0.29) is 6.04 Å². The third-order valence-corrected chi connectivity index (χ3v) is 3.80. The molecule has 0 aliphatic heterocycles. The van der Waals surface area contributed by atoms with Crippen LogP contribution in [0.5, 0.6) is 0 Å². The second-order valence-electron chi connectivity index (χ2n) is 3.09. The van der Waals surface area contributed by atoms with E-state index in [1.54, 1.807) is 29.8 Å². The van der Waals surface area contributed by atoms with Crippen molar-refractivity contribution in [1.29, 1.82) is 0 Å². The van der Waals surface area contributed by atoms with Gasteiger partial charge in [0.25, 0.3) is 0 Å². The van der Waals surface area contributed by atoms with Crippen molar-refractivity contribution in [2.45, 2.75) is 12.6 Å². The third-order valence-electron chi connectivity index (χ3n) is 2.01. The SMILES string of the molecule is COCc1nc(C(N)c2cccs2)cs1. The lowest BCUT2D eigenvalue weighted by molar-refractivity contribution is 0.184. The zero-order valence-electron chi connectivity index (χ0n) is 8.34. The molecular formula is C10H12N2OS2. The smallest absolute Gasteiger partial charge is 0.119 e. The fraction of sp³-hybridized carbons (Fsp3) is 0.300. The maximum absolute atomic E-state index is 6.08. The molecule has 0 aliphatic rings. The maximum Gasteiger partial charge on any atom is 0.119 e. The average Bonchev–Trinajstić information content (AvgIpc) is 2.87. The highest BCUT2D eigenvalue weighted by atomic mass is 32.1. The summed E-state index contributed by atoms with van der Waals surface area (Å²) in [5.74, 6) is 0. The van der Waals surface area contributed by atoms with Gasteiger partial charge in [-0.1, -0.05) is 6.07 Å². The second-order valence-corrected chi connectivity index (χ2v) is 5.01. The van der Waals surface area contributed by atoms with Gasteiger partial charge in [0.2, 0.25) is 0 Å². The molecule has 0 aromatic carbocycles. The molecule has 1 atom stereocenters. The molecule has 0 fully saturated rings. The number of thiophene rings is 1. The lowest BCUT2D eigenvalue weighted by Gasteiger charge is -2.04. The molecule has 0 saturated carbocycles. The first-order valence-corrected chi connectivity index (χ1v) is 6.29. The van der Waals surface area contributed by atoms with E-state index in [0.29, 0.717) is 6.61 Å². The Morgan fingerprint density at radius 3 is 3.07 bits per heavy atom. The molecular weight excluding hydrogens is 228 g/mol. The number of rotatable bonds is 4. The van der Waals surface area contributed by atoms with Gasteiger partial charge in [0.1, 0.15) is 5.01 Å². The number of hydrogen-bond acceptors (Lipinski definition) is 5. The molecule has 5 heteroatoms. The summed E-state index contributed by atoms with van der Waals surface area (Å²) >= 11 is 3.25. The van der Waals surface area contributed by atoms with E-state index in [1.807, 2.05) is 22.9 Å². The van der Waals surface area contributed by atoms with Crippen LogP contribution < -0.4 is 5.73 Å². The number of ether oxygens (including phenoxy) is 1. The largest absolute Gasteiger partial charge is 0.378 e. The first kappa shape index (κ1) is 10.8. The molecule has 0 radical (unpaired) electrons. The lowest BCUT2D eigenvalue weighted by Crippen LogP contribution is -2.10. The van der Waals surface area contributed by atoms with E-state index in [2.05, 4.69) is 4.98 Å². The Labute approximate surface area is 96.5 Å². The third kappa shape index (κ3) is 2.43. The van der Waals surface area contributed by atoms with Crippen molar-refractivity contribution in [3.8, 4) is 0 Å². The Hall–Kier alpha value is -0.750. The predicted octanol–water partition coefficient (Wildman–Crippen LogP) is 2.40. The van der Waals surface area contributed by atoms with Gasteiger partial charge >= 0.3 is 0 Å². The van der Waals surface area contributed by atoms with Crippen molar-refractivity contribution < 1.29 is 4.74 Å². The highest BCUT2D eigenvalue weighted by molar-refractivity contribution is 7.10. The second kappa shape index (κ2) is 4.85. The van der Waals surface area contributed by atoms with Crippen LogP contribution in [0.1, 0.15) is 21.6 Å². The Balaban J connectivity index is 2.15. The zero-order chi connectivity index (χ0) is 10.7. The normalized spacial score (nSPS) is 12.9. The van der Waals surface area contributed by atoms with E-state index in [1.165, 1.54) is 0 Å². The van der Waals surface area contributed by atoms with Crippen LogP contribution in [0.3, 0.4) is 0 Å². The van der Waals surface area contributed by atoms with Gasteiger partial charge in [-0.05, 0) is 11.4 Å². The molecule has 0 saturated heterocycles. The van der Waals surface area contributed by atoms with E-state index in [4.69, 9.17) is 10.5 Å². The Morgan fingerprint density at radius 1 is 1.53 bits per heavy atom. The summed E-state index contributed by atoms with van der Waals surface area (Å²) in [5, 5.41) is 5.00. The molecule has 80 valence electrons.